The monoisotopic (exact) mass is 442 g/mol. The van der Waals surface area contributed by atoms with Crippen molar-refractivity contribution in [1.29, 1.82) is 0 Å². The number of nitrogens with zero attached hydrogens (tertiary/aromatic N) is 1. The van der Waals surface area contributed by atoms with Gasteiger partial charge in [0.05, 0.1) is 0 Å². The van der Waals surface area contributed by atoms with Crippen LogP contribution in [0, 0.1) is 0 Å². The van der Waals surface area contributed by atoms with Crippen LogP contribution in [0.4, 0.5) is 0 Å². The second-order valence-electron chi connectivity index (χ2n) is 8.26. The molecule has 0 fully saturated rings. The van der Waals surface area contributed by atoms with E-state index >= 15 is 0 Å². The zero-order chi connectivity index (χ0) is 22.8. The Morgan fingerprint density at radius 2 is 1.58 bits per heavy atom. The molecule has 0 saturated carbocycles. The Hall–Kier alpha value is -2.33. The van der Waals surface area contributed by atoms with Gasteiger partial charge in [-0.1, -0.05) is 75.7 Å². The summed E-state index contributed by atoms with van der Waals surface area (Å²) in [5.74, 6) is 0.381. The van der Waals surface area contributed by atoms with Crippen molar-refractivity contribution in [2.45, 2.75) is 71.9 Å². The largest absolute Gasteiger partial charge is 0.354 e. The minimum atomic E-state index is -0.488. The summed E-state index contributed by atoms with van der Waals surface area (Å²) in [4.78, 5) is 27.8. The molecule has 0 aliphatic carbocycles. The Morgan fingerprint density at radius 1 is 0.968 bits per heavy atom. The van der Waals surface area contributed by atoms with E-state index in [-0.39, 0.29) is 11.8 Å². The normalized spacial score (nSPS) is 11.9. The molecule has 1 N–H and O–H groups in total. The van der Waals surface area contributed by atoms with Crippen LogP contribution in [0.2, 0.25) is 5.02 Å². The number of halogens is 1. The summed E-state index contributed by atoms with van der Waals surface area (Å²) in [5, 5.41) is 3.60. The van der Waals surface area contributed by atoms with Gasteiger partial charge in [-0.15, -0.1) is 0 Å². The molecule has 168 valence electrons. The molecule has 0 spiro atoms. The summed E-state index contributed by atoms with van der Waals surface area (Å²) in [6, 6.07) is 15.4. The van der Waals surface area contributed by atoms with Crippen LogP contribution >= 0.6 is 11.6 Å². The van der Waals surface area contributed by atoms with Gasteiger partial charge in [0.15, 0.2) is 0 Å². The molecule has 0 aliphatic rings. The zero-order valence-corrected chi connectivity index (χ0v) is 19.9. The van der Waals surface area contributed by atoms with E-state index in [9.17, 15) is 9.59 Å². The molecular formula is C26H35ClN2O2. The van der Waals surface area contributed by atoms with E-state index in [1.807, 2.05) is 38.1 Å². The lowest BCUT2D eigenvalue weighted by molar-refractivity contribution is -0.141. The van der Waals surface area contributed by atoms with Crippen molar-refractivity contribution in [3.63, 3.8) is 0 Å². The third-order valence-electron chi connectivity index (χ3n) is 5.48. The average molecular weight is 443 g/mol. The fraction of sp³-hybridized carbons (Fsp3) is 0.462. The van der Waals surface area contributed by atoms with Gasteiger partial charge in [-0.25, -0.2) is 0 Å². The Kier molecular flexibility index (Phi) is 10.1. The summed E-state index contributed by atoms with van der Waals surface area (Å²) in [5.41, 5.74) is 3.38. The summed E-state index contributed by atoms with van der Waals surface area (Å²) < 4.78 is 0. The van der Waals surface area contributed by atoms with Crippen molar-refractivity contribution >= 4 is 23.4 Å². The van der Waals surface area contributed by atoms with Crippen molar-refractivity contribution in [1.82, 2.24) is 10.2 Å². The van der Waals surface area contributed by atoms with Crippen LogP contribution in [0.1, 0.15) is 69.6 Å². The lowest BCUT2D eigenvalue weighted by atomic mass is 10.00. The quantitative estimate of drug-likeness (QED) is 0.483. The van der Waals surface area contributed by atoms with Gasteiger partial charge in [-0.2, -0.15) is 0 Å². The topological polar surface area (TPSA) is 49.4 Å². The highest BCUT2D eigenvalue weighted by Gasteiger charge is 2.28. The van der Waals surface area contributed by atoms with Crippen molar-refractivity contribution in [3.8, 4) is 0 Å². The third-order valence-corrected chi connectivity index (χ3v) is 5.73. The number of benzene rings is 2. The number of rotatable bonds is 11. The van der Waals surface area contributed by atoms with E-state index in [0.29, 0.717) is 43.3 Å². The molecule has 4 nitrogen and oxygen atoms in total. The van der Waals surface area contributed by atoms with Gasteiger partial charge in [-0.05, 0) is 54.0 Å². The third kappa shape index (κ3) is 7.70. The highest BCUT2D eigenvalue weighted by atomic mass is 35.5. The molecule has 2 rings (SSSR count). The first-order valence-corrected chi connectivity index (χ1v) is 11.6. The average Bonchev–Trinajstić information content (AvgIpc) is 2.77. The first kappa shape index (κ1) is 24.9. The molecule has 31 heavy (non-hydrogen) atoms. The van der Waals surface area contributed by atoms with Crippen LogP contribution in [0.5, 0.6) is 0 Å². The molecule has 2 aromatic rings. The Bertz CT molecular complexity index is 831. The minimum absolute atomic E-state index is 0.0126. The van der Waals surface area contributed by atoms with Crippen LogP contribution < -0.4 is 5.32 Å². The van der Waals surface area contributed by atoms with Crippen molar-refractivity contribution in [3.05, 3.63) is 70.2 Å². The molecule has 0 heterocycles. The first-order chi connectivity index (χ1) is 14.8. The molecule has 2 aromatic carbocycles. The molecule has 5 heteroatoms. The fourth-order valence-corrected chi connectivity index (χ4v) is 3.66. The highest BCUT2D eigenvalue weighted by Crippen LogP contribution is 2.18. The SMILES string of the molecule is CCCNC(=O)[C@H](CC)N(Cc1ccc(Cl)cc1)C(=O)CCc1ccc(C(C)C)cc1. The van der Waals surface area contributed by atoms with Crippen LogP contribution in [-0.2, 0) is 22.6 Å². The Morgan fingerprint density at radius 3 is 2.13 bits per heavy atom. The van der Waals surface area contributed by atoms with E-state index in [2.05, 4.69) is 43.4 Å². The molecule has 2 amide bonds. The van der Waals surface area contributed by atoms with Gasteiger partial charge in [0.1, 0.15) is 6.04 Å². The van der Waals surface area contributed by atoms with Crippen molar-refractivity contribution in [2.75, 3.05) is 6.54 Å². The van der Waals surface area contributed by atoms with Gasteiger partial charge in [-0.3, -0.25) is 9.59 Å². The standard InChI is InChI=1S/C26H35ClN2O2/c1-5-17-28-26(31)24(6-2)29(18-21-9-14-23(27)15-10-21)25(30)16-11-20-7-12-22(13-8-20)19(3)4/h7-10,12-15,19,24H,5-6,11,16-18H2,1-4H3,(H,28,31)/t24-/m0/s1. The molecule has 0 saturated heterocycles. The smallest absolute Gasteiger partial charge is 0.242 e. The van der Waals surface area contributed by atoms with Crippen LogP contribution in [0.15, 0.2) is 48.5 Å². The number of nitrogens with one attached hydrogen (secondary N) is 1. The number of amides is 2. The zero-order valence-electron chi connectivity index (χ0n) is 19.2. The van der Waals surface area contributed by atoms with E-state index in [0.717, 1.165) is 17.5 Å². The van der Waals surface area contributed by atoms with E-state index in [1.54, 1.807) is 4.90 Å². The Balaban J connectivity index is 2.15. The maximum absolute atomic E-state index is 13.3. The molecule has 0 unspecified atom stereocenters. The second-order valence-corrected chi connectivity index (χ2v) is 8.70. The second kappa shape index (κ2) is 12.5. The maximum Gasteiger partial charge on any atom is 0.242 e. The molecule has 0 radical (unpaired) electrons. The van der Waals surface area contributed by atoms with E-state index < -0.39 is 6.04 Å². The van der Waals surface area contributed by atoms with Crippen molar-refractivity contribution in [2.24, 2.45) is 0 Å². The molecule has 0 aliphatic heterocycles. The molecule has 0 bridgehead atoms. The van der Waals surface area contributed by atoms with Gasteiger partial charge >= 0.3 is 0 Å². The predicted octanol–water partition coefficient (Wildman–Crippen LogP) is 5.73. The van der Waals surface area contributed by atoms with Crippen LogP contribution in [0.3, 0.4) is 0 Å². The number of carbonyl (C=O) groups excluding carboxylic acids is 2. The van der Waals surface area contributed by atoms with E-state index in [4.69, 9.17) is 11.6 Å². The lowest BCUT2D eigenvalue weighted by Crippen LogP contribution is -2.49. The van der Waals surface area contributed by atoms with E-state index in [1.165, 1.54) is 5.56 Å². The van der Waals surface area contributed by atoms with Crippen LogP contribution in [-0.4, -0.2) is 29.3 Å². The first-order valence-electron chi connectivity index (χ1n) is 11.3. The number of aryl methyl sites for hydroxylation is 1. The summed E-state index contributed by atoms with van der Waals surface area (Å²) in [6.45, 7) is 9.30. The fourth-order valence-electron chi connectivity index (χ4n) is 3.54. The molecular weight excluding hydrogens is 408 g/mol. The molecule has 0 aromatic heterocycles. The van der Waals surface area contributed by atoms with Gasteiger partial charge in [0, 0.05) is 24.5 Å². The predicted molar refractivity (Wildman–Crippen MR) is 128 cm³/mol. The summed E-state index contributed by atoms with van der Waals surface area (Å²) >= 11 is 6.01. The van der Waals surface area contributed by atoms with Crippen molar-refractivity contribution < 1.29 is 9.59 Å². The molecule has 1 atom stereocenters. The highest BCUT2D eigenvalue weighted by molar-refractivity contribution is 6.30. The minimum Gasteiger partial charge on any atom is -0.354 e. The maximum atomic E-state index is 13.3. The van der Waals surface area contributed by atoms with Gasteiger partial charge < -0.3 is 10.2 Å². The summed E-state index contributed by atoms with van der Waals surface area (Å²) in [6.07, 6.45) is 2.45. The van der Waals surface area contributed by atoms with Gasteiger partial charge in [0.2, 0.25) is 11.8 Å². The van der Waals surface area contributed by atoms with Crippen LogP contribution in [0.25, 0.3) is 0 Å². The number of carbonyl (C=O) groups is 2. The lowest BCUT2D eigenvalue weighted by Gasteiger charge is -2.31. The number of hydrogen-bond acceptors (Lipinski definition) is 2. The summed E-state index contributed by atoms with van der Waals surface area (Å²) in [7, 11) is 0. The number of hydrogen-bond donors (Lipinski definition) is 1. The Labute approximate surface area is 192 Å². The van der Waals surface area contributed by atoms with Gasteiger partial charge in [0.25, 0.3) is 0 Å².